The van der Waals surface area contributed by atoms with Gasteiger partial charge in [0.15, 0.2) is 6.10 Å². The maximum atomic E-state index is 12.8. The highest BCUT2D eigenvalue weighted by Crippen LogP contribution is 2.43. The fourth-order valence-electron chi connectivity index (χ4n) is 10.4. The molecule has 9 nitrogen and oxygen atoms in total. The van der Waals surface area contributed by atoms with Gasteiger partial charge in [0.1, 0.15) is 6.61 Å². The van der Waals surface area contributed by atoms with Crippen molar-refractivity contribution < 1.29 is 37.6 Å². The Labute approximate surface area is 496 Å². The lowest BCUT2D eigenvalue weighted by Crippen LogP contribution is -2.29. The SMILES string of the molecule is CC/C=C\C/C=C\C/C=C\C/C=C\CCCCCCCCCCCCCCCCCCCCC(=O)OC(COC(=O)CCCCCCCCCCCCCCCCCCCCCCCCCCCCCC)COP(=O)(O)OCCN. The van der Waals surface area contributed by atoms with Gasteiger partial charge in [0, 0.05) is 19.4 Å². The molecule has 0 rings (SSSR count). The van der Waals surface area contributed by atoms with Crippen LogP contribution < -0.4 is 5.73 Å². The van der Waals surface area contributed by atoms with Gasteiger partial charge in [0.05, 0.1) is 13.2 Å². The number of phosphoric acid groups is 1. The Morgan fingerprint density at radius 3 is 1.02 bits per heavy atom. The van der Waals surface area contributed by atoms with Crippen LogP contribution in [0.1, 0.15) is 354 Å². The minimum absolute atomic E-state index is 0.0555. The van der Waals surface area contributed by atoms with Crippen molar-refractivity contribution >= 4 is 19.8 Å². The first-order valence-electron chi connectivity index (χ1n) is 34.6. The van der Waals surface area contributed by atoms with Gasteiger partial charge in [-0.05, 0) is 51.4 Å². The van der Waals surface area contributed by atoms with Crippen LogP contribution >= 0.6 is 7.82 Å². The summed E-state index contributed by atoms with van der Waals surface area (Å²) in [7, 11) is -4.39. The average molecular weight is 1150 g/mol. The van der Waals surface area contributed by atoms with Crippen molar-refractivity contribution in [2.24, 2.45) is 5.73 Å². The quantitative estimate of drug-likeness (QED) is 0.0264. The smallest absolute Gasteiger partial charge is 0.462 e. The van der Waals surface area contributed by atoms with Crippen molar-refractivity contribution in [2.75, 3.05) is 26.4 Å². The highest BCUT2D eigenvalue weighted by molar-refractivity contribution is 7.47. The highest BCUT2D eigenvalue weighted by Gasteiger charge is 2.26. The van der Waals surface area contributed by atoms with Gasteiger partial charge in [0.25, 0.3) is 0 Å². The Hall–Kier alpha value is -2.03. The minimum atomic E-state index is -4.39. The molecule has 0 radical (unpaired) electrons. The molecule has 0 fully saturated rings. The van der Waals surface area contributed by atoms with Crippen LogP contribution in [0.2, 0.25) is 0 Å². The van der Waals surface area contributed by atoms with Crippen LogP contribution in [-0.2, 0) is 32.7 Å². The molecule has 0 aromatic rings. The number of carbonyl (C=O) groups excluding carboxylic acids is 2. The Morgan fingerprint density at radius 1 is 0.388 bits per heavy atom. The normalized spacial score (nSPS) is 13.2. The Kier molecular flexibility index (Phi) is 64.4. The fourth-order valence-corrected chi connectivity index (χ4v) is 11.2. The molecule has 0 heterocycles. The number of allylic oxidation sites excluding steroid dienone is 8. The van der Waals surface area contributed by atoms with E-state index in [1.165, 1.54) is 263 Å². The number of hydrogen-bond acceptors (Lipinski definition) is 8. The second-order valence-corrected chi connectivity index (χ2v) is 24.8. The first kappa shape index (κ1) is 78.0. The number of esters is 2. The lowest BCUT2D eigenvalue weighted by molar-refractivity contribution is -0.161. The van der Waals surface area contributed by atoms with E-state index in [-0.39, 0.29) is 38.6 Å². The van der Waals surface area contributed by atoms with Crippen LogP contribution in [0.15, 0.2) is 48.6 Å². The molecule has 2 atom stereocenters. The number of unbranched alkanes of at least 4 members (excludes halogenated alkanes) is 45. The maximum Gasteiger partial charge on any atom is 0.472 e. The van der Waals surface area contributed by atoms with Crippen molar-refractivity contribution in [2.45, 2.75) is 360 Å². The van der Waals surface area contributed by atoms with Gasteiger partial charge in [-0.15, -0.1) is 0 Å². The summed E-state index contributed by atoms with van der Waals surface area (Å²) < 4.78 is 33.2. The summed E-state index contributed by atoms with van der Waals surface area (Å²) in [5, 5.41) is 0. The molecule has 10 heteroatoms. The zero-order valence-electron chi connectivity index (χ0n) is 52.8. The predicted octanol–water partition coefficient (Wildman–Crippen LogP) is 22.5. The van der Waals surface area contributed by atoms with Gasteiger partial charge in [0.2, 0.25) is 0 Å². The van der Waals surface area contributed by atoms with E-state index in [0.29, 0.717) is 6.42 Å². The van der Waals surface area contributed by atoms with E-state index in [0.717, 1.165) is 57.8 Å². The largest absolute Gasteiger partial charge is 0.472 e. The summed E-state index contributed by atoms with van der Waals surface area (Å²) in [5.74, 6) is -0.806. The molecule has 0 aromatic carbocycles. The molecule has 0 amide bonds. The second-order valence-electron chi connectivity index (χ2n) is 23.4. The molecular weight excluding hydrogens is 1010 g/mol. The molecule has 80 heavy (non-hydrogen) atoms. The van der Waals surface area contributed by atoms with Gasteiger partial charge < -0.3 is 20.1 Å². The third-order valence-electron chi connectivity index (χ3n) is 15.5. The van der Waals surface area contributed by atoms with Crippen molar-refractivity contribution in [3.63, 3.8) is 0 Å². The summed E-state index contributed by atoms with van der Waals surface area (Å²) >= 11 is 0. The predicted molar refractivity (Wildman–Crippen MR) is 344 cm³/mol. The van der Waals surface area contributed by atoms with E-state index < -0.39 is 26.5 Å². The zero-order chi connectivity index (χ0) is 58.0. The monoisotopic (exact) mass is 1150 g/mol. The fraction of sp³-hybridized carbons (Fsp3) is 0.857. The van der Waals surface area contributed by atoms with Crippen LogP contribution in [0.3, 0.4) is 0 Å². The molecule has 2 unspecified atom stereocenters. The van der Waals surface area contributed by atoms with Crippen molar-refractivity contribution in [3.05, 3.63) is 48.6 Å². The standard InChI is InChI=1S/C70H132NO8P/c1-3-5-7-9-11-13-15-17-19-21-23-25-27-29-31-33-34-35-37-39-41-43-45-47-49-51-53-55-57-59-61-63-70(73)79-68(67-78-80(74,75)77-65-64-71)66-76-69(72)62-60-58-56-54-52-50-48-46-44-42-40-38-36-32-30-28-26-24-22-20-18-16-14-12-10-8-6-4-2/h5,7,11,13,17,19,23,25,68H,3-4,6,8-10,12,14-16,18,20-22,24,26-67,71H2,1-2H3,(H,74,75)/b7-5-,13-11-,19-17-,25-23-. The van der Waals surface area contributed by atoms with Crippen molar-refractivity contribution in [3.8, 4) is 0 Å². The average Bonchev–Trinajstić information content (AvgIpc) is 3.45. The van der Waals surface area contributed by atoms with Crippen LogP contribution in [0.4, 0.5) is 0 Å². The second kappa shape index (κ2) is 66.1. The number of carbonyl (C=O) groups is 2. The number of hydrogen-bond donors (Lipinski definition) is 2. The van der Waals surface area contributed by atoms with Crippen LogP contribution in [0, 0.1) is 0 Å². The zero-order valence-corrected chi connectivity index (χ0v) is 53.7. The molecule has 0 saturated carbocycles. The van der Waals surface area contributed by atoms with Crippen LogP contribution in [-0.4, -0.2) is 49.3 Å². The number of nitrogens with two attached hydrogens (primary N) is 1. The molecule has 0 aliphatic carbocycles. The maximum absolute atomic E-state index is 12.8. The molecule has 0 aliphatic rings. The Bertz CT molecular complexity index is 1450. The molecule has 3 N–H and O–H groups in total. The third kappa shape index (κ3) is 65.1. The number of ether oxygens (including phenoxy) is 2. The van der Waals surface area contributed by atoms with E-state index in [4.69, 9.17) is 24.3 Å². The van der Waals surface area contributed by atoms with Gasteiger partial charge in [-0.2, -0.15) is 0 Å². The molecule has 0 aliphatic heterocycles. The van der Waals surface area contributed by atoms with E-state index in [1.807, 2.05) is 0 Å². The topological polar surface area (TPSA) is 134 Å². The summed E-state index contributed by atoms with van der Waals surface area (Å²) in [6, 6.07) is 0. The first-order valence-corrected chi connectivity index (χ1v) is 36.1. The summed E-state index contributed by atoms with van der Waals surface area (Å²) in [6.07, 6.45) is 83.5. The lowest BCUT2D eigenvalue weighted by atomic mass is 10.0. The third-order valence-corrected chi connectivity index (χ3v) is 16.5. The highest BCUT2D eigenvalue weighted by atomic mass is 31.2. The van der Waals surface area contributed by atoms with Gasteiger partial charge in [-0.3, -0.25) is 18.6 Å². The van der Waals surface area contributed by atoms with E-state index in [1.54, 1.807) is 0 Å². The van der Waals surface area contributed by atoms with Crippen LogP contribution in [0.25, 0.3) is 0 Å². The van der Waals surface area contributed by atoms with Crippen molar-refractivity contribution in [1.82, 2.24) is 0 Å². The van der Waals surface area contributed by atoms with E-state index in [2.05, 4.69) is 62.5 Å². The Balaban J connectivity index is 3.83. The first-order chi connectivity index (χ1) is 39.3. The number of rotatable bonds is 66. The summed E-state index contributed by atoms with van der Waals surface area (Å²) in [4.78, 5) is 35.3. The minimum Gasteiger partial charge on any atom is -0.462 e. The summed E-state index contributed by atoms with van der Waals surface area (Å²) in [5.41, 5.74) is 5.40. The van der Waals surface area contributed by atoms with Crippen molar-refractivity contribution in [1.29, 1.82) is 0 Å². The molecule has 0 aromatic heterocycles. The van der Waals surface area contributed by atoms with Gasteiger partial charge in [-0.1, -0.05) is 339 Å². The number of phosphoric ester groups is 1. The molecule has 0 spiro atoms. The Morgan fingerprint density at radius 2 is 0.688 bits per heavy atom. The van der Waals surface area contributed by atoms with E-state index >= 15 is 0 Å². The molecule has 0 bridgehead atoms. The molecule has 470 valence electrons. The van der Waals surface area contributed by atoms with Crippen LogP contribution in [0.5, 0.6) is 0 Å². The van der Waals surface area contributed by atoms with Gasteiger partial charge >= 0.3 is 19.8 Å². The lowest BCUT2D eigenvalue weighted by Gasteiger charge is -2.19. The summed E-state index contributed by atoms with van der Waals surface area (Å²) in [6.45, 7) is 3.70. The molecular formula is C70H132NO8P. The van der Waals surface area contributed by atoms with Gasteiger partial charge in [-0.25, -0.2) is 4.57 Å². The molecule has 0 saturated heterocycles. The van der Waals surface area contributed by atoms with E-state index in [9.17, 15) is 19.0 Å².